The van der Waals surface area contributed by atoms with Gasteiger partial charge in [0.05, 0.1) is 12.1 Å². The van der Waals surface area contributed by atoms with Gasteiger partial charge in [-0.1, -0.05) is 29.4 Å². The van der Waals surface area contributed by atoms with E-state index in [0.717, 1.165) is 6.07 Å². The van der Waals surface area contributed by atoms with Crippen molar-refractivity contribution in [2.45, 2.75) is 12.8 Å². The third-order valence-corrected chi connectivity index (χ3v) is 3.15. The molecule has 2 aromatic rings. The van der Waals surface area contributed by atoms with Crippen LogP contribution in [0, 0.1) is 11.6 Å². The van der Waals surface area contributed by atoms with Crippen LogP contribution in [0.4, 0.5) is 8.78 Å². The molecule has 0 amide bonds. The molecular weight excluding hydrogens is 292 g/mol. The van der Waals surface area contributed by atoms with Gasteiger partial charge in [-0.2, -0.15) is 0 Å². The number of hydrogen-bond acceptors (Lipinski definition) is 3. The van der Waals surface area contributed by atoms with Crippen molar-refractivity contribution in [3.05, 3.63) is 59.7 Å². The molecule has 0 saturated carbocycles. The smallest absolute Gasteiger partial charge is 0.303 e. The predicted octanol–water partition coefficient (Wildman–Crippen LogP) is 3.67. The highest BCUT2D eigenvalue weighted by Crippen LogP contribution is 2.24. The van der Waals surface area contributed by atoms with E-state index in [9.17, 15) is 13.6 Å². The van der Waals surface area contributed by atoms with Crippen LogP contribution in [0.3, 0.4) is 0 Å². The van der Waals surface area contributed by atoms with Crippen molar-refractivity contribution in [2.24, 2.45) is 5.16 Å². The highest BCUT2D eigenvalue weighted by atomic mass is 19.1. The molecular formula is C16H13F2NO3. The van der Waals surface area contributed by atoms with Gasteiger partial charge in [0.15, 0.2) is 0 Å². The van der Waals surface area contributed by atoms with Crippen molar-refractivity contribution >= 4 is 11.7 Å². The van der Waals surface area contributed by atoms with Crippen molar-refractivity contribution in [3.8, 4) is 11.1 Å². The number of carbonyl (C=O) groups is 1. The maximum atomic E-state index is 14.2. The number of carboxylic acids is 1. The Morgan fingerprint density at radius 2 is 1.73 bits per heavy atom. The minimum absolute atomic E-state index is 0.0127. The van der Waals surface area contributed by atoms with Crippen molar-refractivity contribution in [1.82, 2.24) is 0 Å². The predicted molar refractivity (Wildman–Crippen MR) is 77.0 cm³/mol. The number of aliphatic carboxylic acids is 1. The largest absolute Gasteiger partial charge is 0.481 e. The molecule has 22 heavy (non-hydrogen) atoms. The highest BCUT2D eigenvalue weighted by molar-refractivity contribution is 6.01. The summed E-state index contributed by atoms with van der Waals surface area (Å²) in [5.41, 5.74) is 1.18. The molecule has 0 aromatic heterocycles. The average molecular weight is 305 g/mol. The summed E-state index contributed by atoms with van der Waals surface area (Å²) in [6, 6.07) is 9.54. The topological polar surface area (TPSA) is 69.9 Å². The van der Waals surface area contributed by atoms with Gasteiger partial charge in [0.25, 0.3) is 0 Å². The van der Waals surface area contributed by atoms with Gasteiger partial charge in [0.1, 0.15) is 11.6 Å². The Kier molecular flexibility index (Phi) is 4.83. The zero-order valence-electron chi connectivity index (χ0n) is 11.5. The summed E-state index contributed by atoms with van der Waals surface area (Å²) in [6.45, 7) is 0. The van der Waals surface area contributed by atoms with Crippen molar-refractivity contribution < 1.29 is 23.9 Å². The van der Waals surface area contributed by atoms with E-state index in [1.807, 2.05) is 0 Å². The Balaban J connectivity index is 2.29. The fourth-order valence-corrected chi connectivity index (χ4v) is 2.04. The lowest BCUT2D eigenvalue weighted by molar-refractivity contribution is -0.136. The molecule has 0 saturated heterocycles. The minimum Gasteiger partial charge on any atom is -0.481 e. The highest BCUT2D eigenvalue weighted by Gasteiger charge is 2.12. The molecule has 2 N–H and O–H groups in total. The van der Waals surface area contributed by atoms with E-state index in [2.05, 4.69) is 5.16 Å². The zero-order chi connectivity index (χ0) is 16.1. The van der Waals surface area contributed by atoms with Crippen molar-refractivity contribution in [3.63, 3.8) is 0 Å². The van der Waals surface area contributed by atoms with E-state index < -0.39 is 17.6 Å². The van der Waals surface area contributed by atoms with Gasteiger partial charge in [-0.15, -0.1) is 0 Å². The first-order chi connectivity index (χ1) is 10.5. The van der Waals surface area contributed by atoms with Gasteiger partial charge < -0.3 is 10.3 Å². The van der Waals surface area contributed by atoms with Gasteiger partial charge in [0.2, 0.25) is 0 Å². The van der Waals surface area contributed by atoms with Crippen LogP contribution < -0.4 is 0 Å². The van der Waals surface area contributed by atoms with Crippen LogP contribution in [0.1, 0.15) is 18.4 Å². The Bertz CT molecular complexity index is 712. The Hall–Kier alpha value is -2.76. The number of carboxylic acid groups (broad SMARTS) is 1. The summed E-state index contributed by atoms with van der Waals surface area (Å²) in [5.74, 6) is -2.02. The normalized spacial score (nSPS) is 11.5. The Morgan fingerprint density at radius 1 is 1.05 bits per heavy atom. The van der Waals surface area contributed by atoms with Crippen LogP contribution in [-0.4, -0.2) is 22.0 Å². The molecule has 2 rings (SSSR count). The summed E-state index contributed by atoms with van der Waals surface area (Å²) >= 11 is 0. The van der Waals surface area contributed by atoms with Gasteiger partial charge in [-0.25, -0.2) is 8.78 Å². The molecule has 6 heteroatoms. The first kappa shape index (κ1) is 15.6. The lowest BCUT2D eigenvalue weighted by Crippen LogP contribution is -2.06. The van der Waals surface area contributed by atoms with Crippen LogP contribution >= 0.6 is 0 Å². The Labute approximate surface area is 125 Å². The molecule has 4 nitrogen and oxygen atoms in total. The Morgan fingerprint density at radius 3 is 2.27 bits per heavy atom. The molecule has 0 fully saturated rings. The lowest BCUT2D eigenvalue weighted by Gasteiger charge is -2.07. The van der Waals surface area contributed by atoms with E-state index in [4.69, 9.17) is 10.3 Å². The van der Waals surface area contributed by atoms with Crippen LogP contribution in [0.25, 0.3) is 11.1 Å². The first-order valence-electron chi connectivity index (χ1n) is 6.50. The van der Waals surface area contributed by atoms with Crippen LogP contribution in [0.5, 0.6) is 0 Å². The number of halogens is 2. The van der Waals surface area contributed by atoms with E-state index in [1.165, 1.54) is 36.4 Å². The number of nitrogens with zero attached hydrogens (tertiary/aromatic N) is 1. The quantitative estimate of drug-likeness (QED) is 0.503. The molecule has 0 unspecified atom stereocenters. The fraction of sp³-hybridized carbons (Fsp3) is 0.125. The van der Waals surface area contributed by atoms with Gasteiger partial charge >= 0.3 is 5.97 Å². The molecule has 2 aromatic carbocycles. The van der Waals surface area contributed by atoms with E-state index >= 15 is 0 Å². The third kappa shape index (κ3) is 3.66. The maximum Gasteiger partial charge on any atom is 0.303 e. The van der Waals surface area contributed by atoms with E-state index in [-0.39, 0.29) is 24.1 Å². The van der Waals surface area contributed by atoms with Crippen molar-refractivity contribution in [1.29, 1.82) is 0 Å². The standard InChI is InChI=1S/C16H13F2NO3/c17-12-4-1-10(2-5-12)13-6-3-11(9-14(13)18)15(19-22)7-8-16(20)21/h1-6,9,22H,7-8H2,(H,20,21)/b19-15+. The summed E-state index contributed by atoms with van der Waals surface area (Å²) in [6.07, 6.45) is -0.234. The molecule has 0 aliphatic carbocycles. The molecule has 0 heterocycles. The molecule has 0 bridgehead atoms. The fourth-order valence-electron chi connectivity index (χ4n) is 2.04. The third-order valence-electron chi connectivity index (χ3n) is 3.15. The van der Waals surface area contributed by atoms with Crippen LogP contribution in [0.2, 0.25) is 0 Å². The SMILES string of the molecule is O=C(O)CC/C(=N\O)c1ccc(-c2ccc(F)cc2)c(F)c1. The van der Waals surface area contributed by atoms with E-state index in [1.54, 1.807) is 0 Å². The second-order valence-electron chi connectivity index (χ2n) is 4.64. The molecule has 0 spiro atoms. The zero-order valence-corrected chi connectivity index (χ0v) is 11.5. The second kappa shape index (κ2) is 6.80. The first-order valence-corrected chi connectivity index (χ1v) is 6.50. The molecule has 114 valence electrons. The number of rotatable bonds is 5. The average Bonchev–Trinajstić information content (AvgIpc) is 2.49. The summed E-state index contributed by atoms with van der Waals surface area (Å²) in [5, 5.41) is 20.6. The number of hydrogen-bond donors (Lipinski definition) is 2. The van der Waals surface area contributed by atoms with Crippen LogP contribution in [-0.2, 0) is 4.79 Å². The molecule has 0 radical (unpaired) electrons. The minimum atomic E-state index is -1.04. The van der Waals surface area contributed by atoms with Gasteiger partial charge in [0, 0.05) is 17.5 Å². The molecule has 0 aliphatic rings. The lowest BCUT2D eigenvalue weighted by atomic mass is 9.99. The molecule has 0 aliphatic heterocycles. The summed E-state index contributed by atoms with van der Waals surface area (Å²) < 4.78 is 27.1. The van der Waals surface area contributed by atoms with Gasteiger partial charge in [-0.3, -0.25) is 4.79 Å². The molecule has 0 atom stereocenters. The summed E-state index contributed by atoms with van der Waals surface area (Å²) in [4.78, 5) is 10.5. The monoisotopic (exact) mass is 305 g/mol. The van der Waals surface area contributed by atoms with Crippen molar-refractivity contribution in [2.75, 3.05) is 0 Å². The number of benzene rings is 2. The van der Waals surface area contributed by atoms with E-state index in [0.29, 0.717) is 11.1 Å². The second-order valence-corrected chi connectivity index (χ2v) is 4.64. The van der Waals surface area contributed by atoms with Gasteiger partial charge in [-0.05, 0) is 23.8 Å². The maximum absolute atomic E-state index is 14.2. The summed E-state index contributed by atoms with van der Waals surface area (Å²) in [7, 11) is 0. The van der Waals surface area contributed by atoms with Crippen LogP contribution in [0.15, 0.2) is 47.6 Å². The number of oxime groups is 1.